The van der Waals surface area contributed by atoms with Gasteiger partial charge in [0.15, 0.2) is 0 Å². The normalized spacial score (nSPS) is 18.0. The van der Waals surface area contributed by atoms with Gasteiger partial charge in [-0.2, -0.15) is 9.29 Å². The lowest BCUT2D eigenvalue weighted by Gasteiger charge is -2.17. The maximum atomic E-state index is 12.5. The average Bonchev–Trinajstić information content (AvgIpc) is 3.04. The Morgan fingerprint density at radius 2 is 1.96 bits per heavy atom. The number of ether oxygens (including phenoxy) is 2. The van der Waals surface area contributed by atoms with Crippen LogP contribution >= 0.6 is 0 Å². The number of nitrogens with zero attached hydrogens (tertiary/aromatic N) is 3. The summed E-state index contributed by atoms with van der Waals surface area (Å²) in [5, 5.41) is 0. The van der Waals surface area contributed by atoms with Gasteiger partial charge in [-0.3, -0.25) is 0 Å². The van der Waals surface area contributed by atoms with E-state index >= 15 is 0 Å². The van der Waals surface area contributed by atoms with Gasteiger partial charge in [0.1, 0.15) is 24.3 Å². The maximum absolute atomic E-state index is 12.5. The van der Waals surface area contributed by atoms with E-state index in [1.807, 2.05) is 25.1 Å². The van der Waals surface area contributed by atoms with E-state index in [0.717, 1.165) is 5.69 Å². The van der Waals surface area contributed by atoms with Gasteiger partial charge in [0, 0.05) is 18.3 Å². The fourth-order valence-corrected chi connectivity index (χ4v) is 4.20. The van der Waals surface area contributed by atoms with Crippen molar-refractivity contribution in [2.45, 2.75) is 26.4 Å². The molecule has 1 aromatic heterocycles. The molecule has 1 aliphatic heterocycles. The summed E-state index contributed by atoms with van der Waals surface area (Å²) in [5.41, 5.74) is 0.827. The van der Waals surface area contributed by atoms with E-state index in [2.05, 4.69) is 9.97 Å². The Balaban J connectivity index is 1.52. The predicted octanol–water partition coefficient (Wildman–Crippen LogP) is 1.96. The Kier molecular flexibility index (Phi) is 5.73. The minimum atomic E-state index is -3.38. The van der Waals surface area contributed by atoms with Crippen LogP contribution in [0, 0.1) is 13.8 Å². The third-order valence-electron chi connectivity index (χ3n) is 4.08. The number of hydrogen-bond donors (Lipinski definition) is 0. The van der Waals surface area contributed by atoms with Crippen LogP contribution in [0.4, 0.5) is 0 Å². The smallest absolute Gasteiger partial charge is 0.217 e. The van der Waals surface area contributed by atoms with Crippen LogP contribution in [0.2, 0.25) is 0 Å². The molecule has 26 heavy (non-hydrogen) atoms. The second-order valence-corrected chi connectivity index (χ2v) is 8.35. The lowest BCUT2D eigenvalue weighted by molar-refractivity contribution is 0.206. The highest BCUT2D eigenvalue weighted by atomic mass is 32.2. The molecule has 2 aromatic rings. The summed E-state index contributed by atoms with van der Waals surface area (Å²) < 4.78 is 37.8. The number of aryl methyl sites for hydroxylation is 2. The first-order valence-electron chi connectivity index (χ1n) is 8.57. The Bertz CT molecular complexity index is 823. The fourth-order valence-electron chi connectivity index (χ4n) is 2.87. The van der Waals surface area contributed by atoms with Gasteiger partial charge in [0.2, 0.25) is 15.9 Å². The first-order chi connectivity index (χ1) is 12.4. The first-order valence-corrected chi connectivity index (χ1v) is 10.2. The third-order valence-corrected chi connectivity index (χ3v) is 5.89. The molecular weight excluding hydrogens is 354 g/mol. The van der Waals surface area contributed by atoms with Crippen molar-refractivity contribution in [1.29, 1.82) is 0 Å². The second-order valence-electron chi connectivity index (χ2n) is 6.26. The summed E-state index contributed by atoms with van der Waals surface area (Å²) in [5.74, 6) is 1.74. The zero-order valence-electron chi connectivity index (χ0n) is 15.0. The molecule has 0 radical (unpaired) electrons. The molecule has 0 saturated carbocycles. The Hall–Kier alpha value is -2.19. The lowest BCUT2D eigenvalue weighted by Crippen LogP contribution is -2.34. The number of sulfonamides is 1. The van der Waals surface area contributed by atoms with Crippen molar-refractivity contribution in [2.24, 2.45) is 0 Å². The Morgan fingerprint density at radius 3 is 2.69 bits per heavy atom. The second kappa shape index (κ2) is 8.01. The van der Waals surface area contributed by atoms with Gasteiger partial charge in [-0.25, -0.2) is 13.4 Å². The van der Waals surface area contributed by atoms with E-state index in [1.54, 1.807) is 25.1 Å². The highest BCUT2D eigenvalue weighted by Crippen LogP contribution is 2.20. The predicted molar refractivity (Wildman–Crippen MR) is 97.8 cm³/mol. The molecule has 0 spiro atoms. The summed E-state index contributed by atoms with van der Waals surface area (Å²) in [7, 11) is -3.38. The molecule has 0 N–H and O–H groups in total. The van der Waals surface area contributed by atoms with Gasteiger partial charge < -0.3 is 9.47 Å². The summed E-state index contributed by atoms with van der Waals surface area (Å²) in [4.78, 5) is 8.46. The lowest BCUT2D eigenvalue weighted by atomic mass is 10.3. The largest absolute Gasteiger partial charge is 0.492 e. The zero-order valence-corrected chi connectivity index (χ0v) is 15.8. The van der Waals surface area contributed by atoms with Crippen molar-refractivity contribution in [3.8, 4) is 11.6 Å². The van der Waals surface area contributed by atoms with Crippen LogP contribution in [-0.2, 0) is 10.0 Å². The molecule has 0 bridgehead atoms. The minimum absolute atomic E-state index is 0.0552. The SMILES string of the molecule is Cc1cc(OC2CCN(S(=O)(=O)CCOc3ccccc3)C2)nc(C)n1. The van der Waals surface area contributed by atoms with Crippen molar-refractivity contribution in [1.82, 2.24) is 14.3 Å². The van der Waals surface area contributed by atoms with E-state index in [1.165, 1.54) is 4.31 Å². The molecule has 7 nitrogen and oxygen atoms in total. The molecule has 1 aromatic carbocycles. The molecule has 1 fully saturated rings. The van der Waals surface area contributed by atoms with E-state index in [0.29, 0.717) is 37.0 Å². The van der Waals surface area contributed by atoms with E-state index in [9.17, 15) is 8.42 Å². The summed E-state index contributed by atoms with van der Waals surface area (Å²) in [6.07, 6.45) is 0.439. The average molecular weight is 377 g/mol. The number of aromatic nitrogens is 2. The van der Waals surface area contributed by atoms with Gasteiger partial charge in [0.05, 0.1) is 12.3 Å². The molecule has 1 unspecified atom stereocenters. The van der Waals surface area contributed by atoms with E-state index < -0.39 is 10.0 Å². The van der Waals surface area contributed by atoms with Crippen LogP contribution in [0.3, 0.4) is 0 Å². The number of rotatable bonds is 7. The Labute approximate surface area is 154 Å². The summed E-state index contributed by atoms with van der Waals surface area (Å²) >= 11 is 0. The van der Waals surface area contributed by atoms with Gasteiger partial charge >= 0.3 is 0 Å². The van der Waals surface area contributed by atoms with Gasteiger partial charge in [-0.1, -0.05) is 18.2 Å². The number of para-hydroxylation sites is 1. The highest BCUT2D eigenvalue weighted by molar-refractivity contribution is 7.89. The van der Waals surface area contributed by atoms with Crippen molar-refractivity contribution >= 4 is 10.0 Å². The molecule has 8 heteroatoms. The molecular formula is C18H23N3O4S. The van der Waals surface area contributed by atoms with Gasteiger partial charge in [0.25, 0.3) is 0 Å². The topological polar surface area (TPSA) is 81.6 Å². The van der Waals surface area contributed by atoms with Crippen molar-refractivity contribution in [2.75, 3.05) is 25.4 Å². The molecule has 3 rings (SSSR count). The molecule has 1 saturated heterocycles. The van der Waals surface area contributed by atoms with Crippen LogP contribution in [0.25, 0.3) is 0 Å². The maximum Gasteiger partial charge on any atom is 0.217 e. The highest BCUT2D eigenvalue weighted by Gasteiger charge is 2.32. The van der Waals surface area contributed by atoms with Crippen molar-refractivity contribution < 1.29 is 17.9 Å². The number of hydrogen-bond acceptors (Lipinski definition) is 6. The molecule has 1 aliphatic rings. The molecule has 0 aliphatic carbocycles. The van der Waals surface area contributed by atoms with E-state index in [-0.39, 0.29) is 18.5 Å². The molecule has 140 valence electrons. The minimum Gasteiger partial charge on any atom is -0.492 e. The van der Waals surface area contributed by atoms with Crippen LogP contribution in [-0.4, -0.2) is 54.2 Å². The van der Waals surface area contributed by atoms with Crippen LogP contribution < -0.4 is 9.47 Å². The Morgan fingerprint density at radius 1 is 1.19 bits per heavy atom. The van der Waals surface area contributed by atoms with Gasteiger partial charge in [-0.05, 0) is 32.4 Å². The standard InChI is InChI=1S/C18H23N3O4S/c1-14-12-18(20-15(2)19-14)25-17-8-9-21(13-17)26(22,23)11-10-24-16-6-4-3-5-7-16/h3-7,12,17H,8-11,13H2,1-2H3. The molecule has 2 heterocycles. The summed E-state index contributed by atoms with van der Waals surface area (Å²) in [6, 6.07) is 11.0. The quantitative estimate of drug-likeness (QED) is 0.734. The van der Waals surface area contributed by atoms with Crippen LogP contribution in [0.15, 0.2) is 36.4 Å². The fraction of sp³-hybridized carbons (Fsp3) is 0.444. The van der Waals surface area contributed by atoms with E-state index in [4.69, 9.17) is 9.47 Å². The third kappa shape index (κ3) is 4.92. The van der Waals surface area contributed by atoms with Gasteiger partial charge in [-0.15, -0.1) is 0 Å². The molecule has 0 amide bonds. The monoisotopic (exact) mass is 377 g/mol. The molecule has 1 atom stereocenters. The number of benzene rings is 1. The van der Waals surface area contributed by atoms with Crippen molar-refractivity contribution in [3.05, 3.63) is 47.9 Å². The first kappa shape index (κ1) is 18.6. The van der Waals surface area contributed by atoms with Crippen molar-refractivity contribution in [3.63, 3.8) is 0 Å². The van der Waals surface area contributed by atoms with Crippen LogP contribution in [0.1, 0.15) is 17.9 Å². The van der Waals surface area contributed by atoms with Crippen LogP contribution in [0.5, 0.6) is 11.6 Å². The zero-order chi connectivity index (χ0) is 18.6. The summed E-state index contributed by atoms with van der Waals surface area (Å²) in [6.45, 7) is 4.58.